The summed E-state index contributed by atoms with van der Waals surface area (Å²) in [6.07, 6.45) is 3.00. The van der Waals surface area contributed by atoms with E-state index in [1.54, 1.807) is 13.3 Å². The molecule has 0 atom stereocenters. The Kier molecular flexibility index (Phi) is 2.60. The molecule has 1 heterocycles. The molecule has 0 aliphatic rings. The monoisotopic (exact) mass is 186 g/mol. The molecule has 0 aliphatic carbocycles. The Hall–Kier alpha value is -0.730. The second kappa shape index (κ2) is 3.33. The van der Waals surface area contributed by atoms with Crippen LogP contribution < -0.4 is 5.30 Å². The molecule has 0 aliphatic heterocycles. The third-order valence-corrected chi connectivity index (χ3v) is 2.93. The number of aromatic nitrogens is 2. The first-order valence-electron chi connectivity index (χ1n) is 3.51. The molecule has 0 aromatic carbocycles. The Morgan fingerprint density at radius 1 is 1.42 bits per heavy atom. The predicted molar refractivity (Wildman–Crippen MR) is 47.0 cm³/mol. The molecular weight excluding hydrogens is 175 g/mol. The SMILES string of the molecule is CP(C)(=O)c1cnc(CO)nc1. The van der Waals surface area contributed by atoms with E-state index >= 15 is 0 Å². The van der Waals surface area contributed by atoms with Crippen LogP contribution in [-0.2, 0) is 11.2 Å². The van der Waals surface area contributed by atoms with Crippen LogP contribution in [0.5, 0.6) is 0 Å². The highest BCUT2D eigenvalue weighted by atomic mass is 31.2. The van der Waals surface area contributed by atoms with E-state index in [2.05, 4.69) is 9.97 Å². The van der Waals surface area contributed by atoms with E-state index in [9.17, 15) is 4.57 Å². The van der Waals surface area contributed by atoms with Gasteiger partial charge in [0.15, 0.2) is 5.82 Å². The molecule has 0 saturated heterocycles. The normalized spacial score (nSPS) is 11.6. The van der Waals surface area contributed by atoms with Gasteiger partial charge in [-0.05, 0) is 13.3 Å². The van der Waals surface area contributed by atoms with Gasteiger partial charge >= 0.3 is 0 Å². The Balaban J connectivity index is 3.01. The molecule has 0 bridgehead atoms. The average molecular weight is 186 g/mol. The molecule has 0 saturated carbocycles. The largest absolute Gasteiger partial charge is 0.388 e. The first-order chi connectivity index (χ1) is 5.54. The van der Waals surface area contributed by atoms with Crippen LogP contribution in [0.25, 0.3) is 0 Å². The van der Waals surface area contributed by atoms with Gasteiger partial charge in [-0.15, -0.1) is 0 Å². The summed E-state index contributed by atoms with van der Waals surface area (Å²) in [5, 5.41) is 9.28. The lowest BCUT2D eigenvalue weighted by Crippen LogP contribution is -2.07. The van der Waals surface area contributed by atoms with Crippen molar-refractivity contribution in [1.29, 1.82) is 0 Å². The van der Waals surface area contributed by atoms with Gasteiger partial charge in [-0.25, -0.2) is 9.97 Å². The number of aliphatic hydroxyl groups excluding tert-OH is 1. The van der Waals surface area contributed by atoms with Gasteiger partial charge < -0.3 is 9.67 Å². The standard InChI is InChI=1S/C7H11N2O2P/c1-12(2,11)6-3-8-7(5-10)9-4-6/h3-4,10H,5H2,1-2H3. The smallest absolute Gasteiger partial charge is 0.153 e. The number of rotatable bonds is 2. The highest BCUT2D eigenvalue weighted by Gasteiger charge is 2.11. The van der Waals surface area contributed by atoms with E-state index in [-0.39, 0.29) is 6.61 Å². The van der Waals surface area contributed by atoms with Crippen molar-refractivity contribution in [1.82, 2.24) is 9.97 Å². The molecule has 12 heavy (non-hydrogen) atoms. The van der Waals surface area contributed by atoms with Gasteiger partial charge in [-0.3, -0.25) is 0 Å². The van der Waals surface area contributed by atoms with Crippen molar-refractivity contribution in [2.75, 3.05) is 13.3 Å². The van der Waals surface area contributed by atoms with E-state index in [1.165, 1.54) is 12.4 Å². The van der Waals surface area contributed by atoms with Crippen LogP contribution >= 0.6 is 7.14 Å². The van der Waals surface area contributed by atoms with E-state index in [0.29, 0.717) is 11.1 Å². The quantitative estimate of drug-likeness (QED) is 0.671. The van der Waals surface area contributed by atoms with Crippen molar-refractivity contribution in [2.24, 2.45) is 0 Å². The fourth-order valence-corrected chi connectivity index (χ4v) is 1.38. The van der Waals surface area contributed by atoms with E-state index in [0.717, 1.165) is 0 Å². The number of nitrogens with zero attached hydrogens (tertiary/aromatic N) is 2. The van der Waals surface area contributed by atoms with Crippen LogP contribution in [0.1, 0.15) is 5.82 Å². The lowest BCUT2D eigenvalue weighted by atomic mass is 10.6. The van der Waals surface area contributed by atoms with E-state index in [1.807, 2.05) is 0 Å². The summed E-state index contributed by atoms with van der Waals surface area (Å²) in [5.41, 5.74) is 0. The number of hydrogen-bond donors (Lipinski definition) is 1. The maximum Gasteiger partial charge on any atom is 0.153 e. The van der Waals surface area contributed by atoms with Crippen molar-refractivity contribution in [2.45, 2.75) is 6.61 Å². The highest BCUT2D eigenvalue weighted by Crippen LogP contribution is 2.33. The third kappa shape index (κ3) is 2.13. The Morgan fingerprint density at radius 2 is 1.92 bits per heavy atom. The molecule has 0 fully saturated rings. The lowest BCUT2D eigenvalue weighted by molar-refractivity contribution is 0.271. The zero-order valence-corrected chi connectivity index (χ0v) is 7.95. The first kappa shape index (κ1) is 9.36. The molecule has 5 heteroatoms. The summed E-state index contributed by atoms with van der Waals surface area (Å²) in [7, 11) is -2.26. The zero-order valence-electron chi connectivity index (χ0n) is 7.06. The van der Waals surface area contributed by atoms with Crippen LogP contribution in [0.4, 0.5) is 0 Å². The van der Waals surface area contributed by atoms with Crippen molar-refractivity contribution in [3.63, 3.8) is 0 Å². The fraction of sp³-hybridized carbons (Fsp3) is 0.429. The third-order valence-electron chi connectivity index (χ3n) is 1.45. The summed E-state index contributed by atoms with van der Waals surface area (Å²) in [5.74, 6) is 0.354. The minimum Gasteiger partial charge on any atom is -0.388 e. The van der Waals surface area contributed by atoms with Crippen LogP contribution in [0.15, 0.2) is 12.4 Å². The summed E-state index contributed by atoms with van der Waals surface area (Å²) in [6.45, 7) is 3.13. The molecule has 1 N–H and O–H groups in total. The Morgan fingerprint density at radius 3 is 2.25 bits per heavy atom. The molecule has 1 aromatic rings. The number of hydrogen-bond acceptors (Lipinski definition) is 4. The van der Waals surface area contributed by atoms with Gasteiger partial charge in [0.05, 0.1) is 0 Å². The summed E-state index contributed by atoms with van der Waals surface area (Å²) < 4.78 is 11.5. The molecular formula is C7H11N2O2P. The topological polar surface area (TPSA) is 63.1 Å². The maximum absolute atomic E-state index is 11.5. The second-order valence-electron chi connectivity index (χ2n) is 2.87. The summed E-state index contributed by atoms with van der Waals surface area (Å²) in [6, 6.07) is 0. The molecule has 1 aromatic heterocycles. The van der Waals surface area contributed by atoms with Crippen LogP contribution in [0.2, 0.25) is 0 Å². The van der Waals surface area contributed by atoms with Crippen LogP contribution in [0.3, 0.4) is 0 Å². The number of aliphatic hydroxyl groups is 1. The van der Waals surface area contributed by atoms with Gasteiger partial charge in [-0.2, -0.15) is 0 Å². The Bertz CT molecular complexity index is 304. The molecule has 66 valence electrons. The molecule has 1 rings (SSSR count). The Labute approximate surface area is 71.0 Å². The highest BCUT2D eigenvalue weighted by molar-refractivity contribution is 7.70. The fourth-order valence-electron chi connectivity index (χ4n) is 0.708. The summed E-state index contributed by atoms with van der Waals surface area (Å²) in [4.78, 5) is 7.66. The second-order valence-corrected chi connectivity index (χ2v) is 6.08. The van der Waals surface area contributed by atoms with Crippen LogP contribution in [0, 0.1) is 0 Å². The first-order valence-corrected chi connectivity index (χ1v) is 6.11. The maximum atomic E-state index is 11.5. The van der Waals surface area contributed by atoms with Gasteiger partial charge in [0.2, 0.25) is 0 Å². The van der Waals surface area contributed by atoms with Crippen LogP contribution in [-0.4, -0.2) is 28.4 Å². The minimum atomic E-state index is -2.26. The minimum absolute atomic E-state index is 0.183. The van der Waals surface area contributed by atoms with Gasteiger partial charge in [0.25, 0.3) is 0 Å². The van der Waals surface area contributed by atoms with Crippen molar-refractivity contribution in [3.05, 3.63) is 18.2 Å². The molecule has 4 nitrogen and oxygen atoms in total. The molecule has 0 amide bonds. The predicted octanol–water partition coefficient (Wildman–Crippen LogP) is 0.217. The molecule has 0 unspecified atom stereocenters. The van der Waals surface area contributed by atoms with Crippen molar-refractivity contribution < 1.29 is 9.67 Å². The molecule has 0 radical (unpaired) electrons. The van der Waals surface area contributed by atoms with Crippen molar-refractivity contribution >= 4 is 12.4 Å². The van der Waals surface area contributed by atoms with Gasteiger partial charge in [0, 0.05) is 17.7 Å². The van der Waals surface area contributed by atoms with Crippen molar-refractivity contribution in [3.8, 4) is 0 Å². The average Bonchev–Trinajstić information content (AvgIpc) is 2.03. The van der Waals surface area contributed by atoms with Gasteiger partial charge in [-0.1, -0.05) is 0 Å². The van der Waals surface area contributed by atoms with Gasteiger partial charge in [0.1, 0.15) is 13.7 Å². The van der Waals surface area contributed by atoms with E-state index < -0.39 is 7.14 Å². The molecule has 0 spiro atoms. The van der Waals surface area contributed by atoms with E-state index in [4.69, 9.17) is 5.11 Å². The summed E-state index contributed by atoms with van der Waals surface area (Å²) >= 11 is 0. The lowest BCUT2D eigenvalue weighted by Gasteiger charge is -2.04. The zero-order chi connectivity index (χ0) is 9.19.